The Morgan fingerprint density at radius 3 is 2.88 bits per heavy atom. The first-order valence-corrected chi connectivity index (χ1v) is 7.94. The van der Waals surface area contributed by atoms with Crippen molar-refractivity contribution in [2.24, 2.45) is 0 Å². The van der Waals surface area contributed by atoms with Crippen LogP contribution < -0.4 is 5.32 Å². The van der Waals surface area contributed by atoms with Gasteiger partial charge in [0.05, 0.1) is 11.3 Å². The summed E-state index contributed by atoms with van der Waals surface area (Å²) in [6.07, 6.45) is 4.45. The Balaban J connectivity index is 1.75. The van der Waals surface area contributed by atoms with E-state index < -0.39 is 0 Å². The summed E-state index contributed by atoms with van der Waals surface area (Å²) in [6, 6.07) is 14.0. The van der Waals surface area contributed by atoms with Crippen LogP contribution in [-0.2, 0) is 6.42 Å². The molecule has 1 aliphatic heterocycles. The molecule has 3 heterocycles. The monoisotopic (exact) mass is 315 g/mol. The van der Waals surface area contributed by atoms with Gasteiger partial charge in [-0.2, -0.15) is 0 Å². The van der Waals surface area contributed by atoms with Gasteiger partial charge in [0.15, 0.2) is 0 Å². The number of aromatic nitrogens is 2. The molecule has 0 aliphatic carbocycles. The molecule has 1 amide bonds. The highest BCUT2D eigenvalue weighted by molar-refractivity contribution is 5.97. The molecular weight excluding hydrogens is 298 g/mol. The van der Waals surface area contributed by atoms with Gasteiger partial charge in [0, 0.05) is 41.7 Å². The fraction of sp³-hybridized carbons (Fsp3) is 0.100. The number of nitrogens with zero attached hydrogens (tertiary/aromatic N) is 1. The zero-order chi connectivity index (χ0) is 16.5. The van der Waals surface area contributed by atoms with Crippen LogP contribution in [0.3, 0.4) is 0 Å². The summed E-state index contributed by atoms with van der Waals surface area (Å²) in [5.41, 5.74) is 6.71. The molecular formula is C20H17N3O. The first kappa shape index (κ1) is 14.5. The standard InChI is InChI=1S/C20H17N3O/c1-2-13-4-3-5-14(10-13)18-11-15(6-8-21-18)19-12-16-17(23-19)7-9-22-20(16)24/h2-6,8,10-12,23H,1,7,9H2,(H,22,24). The zero-order valence-electron chi connectivity index (χ0n) is 13.2. The number of aromatic amines is 1. The molecule has 0 fully saturated rings. The Bertz CT molecular complexity index is 940. The van der Waals surface area contributed by atoms with Crippen LogP contribution in [0.4, 0.5) is 0 Å². The molecule has 0 atom stereocenters. The summed E-state index contributed by atoms with van der Waals surface area (Å²) in [7, 11) is 0. The molecule has 24 heavy (non-hydrogen) atoms. The SMILES string of the molecule is C=Cc1cccc(-c2cc(-c3cc4c([nH]3)CCNC4=O)ccn2)c1. The Morgan fingerprint density at radius 2 is 2.04 bits per heavy atom. The molecule has 0 bridgehead atoms. The summed E-state index contributed by atoms with van der Waals surface area (Å²) in [5.74, 6) is -0.00767. The molecule has 2 N–H and O–H groups in total. The molecule has 1 aliphatic rings. The molecule has 2 aromatic heterocycles. The summed E-state index contributed by atoms with van der Waals surface area (Å²) in [6.45, 7) is 4.49. The maximum atomic E-state index is 11.9. The third-order valence-electron chi connectivity index (χ3n) is 4.29. The minimum atomic E-state index is -0.00767. The number of nitrogens with one attached hydrogen (secondary N) is 2. The quantitative estimate of drug-likeness (QED) is 0.775. The fourth-order valence-electron chi connectivity index (χ4n) is 3.03. The smallest absolute Gasteiger partial charge is 0.253 e. The molecule has 4 rings (SSSR count). The predicted molar refractivity (Wildman–Crippen MR) is 95.6 cm³/mol. The van der Waals surface area contributed by atoms with E-state index in [1.165, 1.54) is 0 Å². The van der Waals surface area contributed by atoms with Crippen LogP contribution in [0, 0.1) is 0 Å². The summed E-state index contributed by atoms with van der Waals surface area (Å²) >= 11 is 0. The van der Waals surface area contributed by atoms with Crippen LogP contribution in [0.1, 0.15) is 21.6 Å². The van der Waals surface area contributed by atoms with Crippen LogP contribution in [-0.4, -0.2) is 22.4 Å². The average Bonchev–Trinajstić information content (AvgIpc) is 3.08. The number of hydrogen-bond donors (Lipinski definition) is 2. The molecule has 0 saturated carbocycles. The highest BCUT2D eigenvalue weighted by atomic mass is 16.1. The van der Waals surface area contributed by atoms with Gasteiger partial charge in [0.1, 0.15) is 0 Å². The third-order valence-corrected chi connectivity index (χ3v) is 4.29. The van der Waals surface area contributed by atoms with E-state index in [9.17, 15) is 4.79 Å². The van der Waals surface area contributed by atoms with Gasteiger partial charge < -0.3 is 10.3 Å². The van der Waals surface area contributed by atoms with Gasteiger partial charge in [0.25, 0.3) is 5.91 Å². The van der Waals surface area contributed by atoms with Gasteiger partial charge in [-0.25, -0.2) is 0 Å². The highest BCUT2D eigenvalue weighted by Crippen LogP contribution is 2.27. The second-order valence-electron chi connectivity index (χ2n) is 5.84. The van der Waals surface area contributed by atoms with E-state index in [1.807, 2.05) is 42.5 Å². The van der Waals surface area contributed by atoms with E-state index in [0.29, 0.717) is 6.54 Å². The van der Waals surface area contributed by atoms with E-state index in [4.69, 9.17) is 0 Å². The van der Waals surface area contributed by atoms with Crippen LogP contribution in [0.2, 0.25) is 0 Å². The number of fused-ring (bicyclic) bond motifs is 1. The molecule has 1 aromatic carbocycles. The molecule has 4 heteroatoms. The predicted octanol–water partition coefficient (Wildman–Crippen LogP) is 3.67. The highest BCUT2D eigenvalue weighted by Gasteiger charge is 2.20. The molecule has 4 nitrogen and oxygen atoms in total. The van der Waals surface area contributed by atoms with Gasteiger partial charge in [-0.1, -0.05) is 30.9 Å². The minimum absolute atomic E-state index is 0.00767. The van der Waals surface area contributed by atoms with Crippen molar-refractivity contribution in [1.29, 1.82) is 0 Å². The maximum Gasteiger partial charge on any atom is 0.253 e. The van der Waals surface area contributed by atoms with Crippen molar-refractivity contribution in [3.63, 3.8) is 0 Å². The van der Waals surface area contributed by atoms with Crippen molar-refractivity contribution < 1.29 is 4.79 Å². The van der Waals surface area contributed by atoms with Crippen LogP contribution >= 0.6 is 0 Å². The number of amides is 1. The largest absolute Gasteiger partial charge is 0.358 e. The lowest BCUT2D eigenvalue weighted by molar-refractivity contribution is 0.0946. The van der Waals surface area contributed by atoms with Crippen LogP contribution in [0.25, 0.3) is 28.6 Å². The summed E-state index contributed by atoms with van der Waals surface area (Å²) in [5, 5.41) is 2.87. The Morgan fingerprint density at radius 1 is 1.12 bits per heavy atom. The van der Waals surface area contributed by atoms with Crippen molar-refractivity contribution in [1.82, 2.24) is 15.3 Å². The Kier molecular flexibility index (Phi) is 3.50. The molecule has 0 radical (unpaired) electrons. The fourth-order valence-corrected chi connectivity index (χ4v) is 3.03. The Hall–Kier alpha value is -3.14. The van der Waals surface area contributed by atoms with Crippen molar-refractivity contribution in [3.8, 4) is 22.5 Å². The van der Waals surface area contributed by atoms with E-state index in [1.54, 1.807) is 6.20 Å². The van der Waals surface area contributed by atoms with E-state index in [2.05, 4.69) is 27.9 Å². The third kappa shape index (κ3) is 2.52. The minimum Gasteiger partial charge on any atom is -0.358 e. The lowest BCUT2D eigenvalue weighted by atomic mass is 10.0. The Labute approximate surface area is 140 Å². The summed E-state index contributed by atoms with van der Waals surface area (Å²) < 4.78 is 0. The lowest BCUT2D eigenvalue weighted by Crippen LogP contribution is -2.31. The topological polar surface area (TPSA) is 57.8 Å². The number of H-pyrrole nitrogens is 1. The van der Waals surface area contributed by atoms with Gasteiger partial charge in [0.2, 0.25) is 0 Å². The van der Waals surface area contributed by atoms with Crippen molar-refractivity contribution in [2.75, 3.05) is 6.54 Å². The lowest BCUT2D eigenvalue weighted by Gasteiger charge is -2.10. The number of pyridine rings is 1. The summed E-state index contributed by atoms with van der Waals surface area (Å²) in [4.78, 5) is 19.8. The van der Waals surface area contributed by atoms with Crippen molar-refractivity contribution >= 4 is 12.0 Å². The number of carbonyl (C=O) groups excluding carboxylic acids is 1. The van der Waals surface area contributed by atoms with E-state index in [-0.39, 0.29) is 5.91 Å². The number of hydrogen-bond acceptors (Lipinski definition) is 2. The van der Waals surface area contributed by atoms with Crippen molar-refractivity contribution in [2.45, 2.75) is 6.42 Å². The van der Waals surface area contributed by atoms with Gasteiger partial charge in [-0.05, 0) is 29.8 Å². The molecule has 0 saturated heterocycles. The first-order valence-electron chi connectivity index (χ1n) is 7.94. The van der Waals surface area contributed by atoms with Gasteiger partial charge in [-0.3, -0.25) is 9.78 Å². The second kappa shape index (κ2) is 5.81. The average molecular weight is 315 g/mol. The van der Waals surface area contributed by atoms with Crippen LogP contribution in [0.5, 0.6) is 0 Å². The van der Waals surface area contributed by atoms with E-state index in [0.717, 1.165) is 45.8 Å². The molecule has 3 aromatic rings. The number of carbonyl (C=O) groups is 1. The number of benzene rings is 1. The second-order valence-corrected chi connectivity index (χ2v) is 5.84. The van der Waals surface area contributed by atoms with Gasteiger partial charge in [-0.15, -0.1) is 0 Å². The van der Waals surface area contributed by atoms with Crippen molar-refractivity contribution in [3.05, 3.63) is 72.1 Å². The van der Waals surface area contributed by atoms with Crippen LogP contribution in [0.15, 0.2) is 55.2 Å². The number of rotatable bonds is 3. The van der Waals surface area contributed by atoms with Gasteiger partial charge >= 0.3 is 0 Å². The molecule has 118 valence electrons. The molecule has 0 spiro atoms. The van der Waals surface area contributed by atoms with E-state index >= 15 is 0 Å². The normalized spacial score (nSPS) is 13.2. The molecule has 0 unspecified atom stereocenters. The first-order chi connectivity index (χ1) is 11.7. The zero-order valence-corrected chi connectivity index (χ0v) is 13.2. The maximum absolute atomic E-state index is 11.9.